The fourth-order valence-electron chi connectivity index (χ4n) is 2.33. The summed E-state index contributed by atoms with van der Waals surface area (Å²) in [5.41, 5.74) is 0.496. The Morgan fingerprint density at radius 1 is 1.25 bits per heavy atom. The van der Waals surface area contributed by atoms with Gasteiger partial charge in [0.05, 0.1) is 0 Å². The monoisotopic (exact) mass is 278 g/mol. The third kappa shape index (κ3) is 4.20. The number of amides is 2. The van der Waals surface area contributed by atoms with E-state index in [1.165, 1.54) is 18.1 Å². The van der Waals surface area contributed by atoms with Gasteiger partial charge in [0, 0.05) is 38.4 Å². The molecule has 0 spiro atoms. The van der Waals surface area contributed by atoms with Crippen LogP contribution >= 0.6 is 0 Å². The van der Waals surface area contributed by atoms with Crippen molar-refractivity contribution < 1.29 is 9.18 Å². The van der Waals surface area contributed by atoms with Crippen molar-refractivity contribution in [2.45, 2.75) is 13.8 Å². The van der Waals surface area contributed by atoms with E-state index in [4.69, 9.17) is 0 Å². The lowest BCUT2D eigenvalue weighted by Crippen LogP contribution is -2.50. The Morgan fingerprint density at radius 2 is 1.95 bits per heavy atom. The number of nitrogens with zero attached hydrogens (tertiary/aromatic N) is 2. The van der Waals surface area contributed by atoms with Gasteiger partial charge in [-0.1, -0.05) is 19.9 Å². The van der Waals surface area contributed by atoms with Crippen molar-refractivity contribution in [3.05, 3.63) is 36.0 Å². The number of carbonyl (C=O) groups is 1. The Morgan fingerprint density at radius 3 is 2.55 bits per heavy atom. The number of urea groups is 1. The number of nitrogens with one attached hydrogen (secondary N) is 1. The van der Waals surface area contributed by atoms with Crippen LogP contribution in [0.2, 0.25) is 0 Å². The summed E-state index contributed by atoms with van der Waals surface area (Å²) in [6, 6.07) is 5.80. The van der Waals surface area contributed by atoms with Gasteiger partial charge in [-0.25, -0.2) is 9.18 Å². The number of halogens is 1. The van der Waals surface area contributed by atoms with Crippen LogP contribution in [0.1, 0.15) is 13.8 Å². The van der Waals surface area contributed by atoms with Crippen LogP contribution in [0.3, 0.4) is 0 Å². The molecule has 1 aliphatic rings. The molecule has 1 aromatic carbocycles. The highest BCUT2D eigenvalue weighted by Crippen LogP contribution is 2.12. The maximum atomic E-state index is 13.1. The molecule has 4 nitrogen and oxygen atoms in total. The summed E-state index contributed by atoms with van der Waals surface area (Å²) in [6.07, 6.45) is 0. The Balaban J connectivity index is 1.83. The van der Waals surface area contributed by atoms with Crippen molar-refractivity contribution >= 4 is 11.7 Å². The van der Waals surface area contributed by atoms with E-state index < -0.39 is 0 Å². The van der Waals surface area contributed by atoms with E-state index >= 15 is 0 Å². The molecular weight excluding hydrogens is 257 g/mol. The minimum atomic E-state index is -0.346. The SMILES string of the molecule is C[C](C)CN1CCN(C(=O)Nc2cccc(F)c2)CC1. The van der Waals surface area contributed by atoms with Gasteiger partial charge in [-0.05, 0) is 24.1 Å². The summed E-state index contributed by atoms with van der Waals surface area (Å²) >= 11 is 0. The summed E-state index contributed by atoms with van der Waals surface area (Å²) in [5, 5.41) is 2.73. The normalized spacial score (nSPS) is 16.5. The predicted molar refractivity (Wildman–Crippen MR) is 78.0 cm³/mol. The molecule has 1 fully saturated rings. The van der Waals surface area contributed by atoms with Gasteiger partial charge in [0.15, 0.2) is 0 Å². The van der Waals surface area contributed by atoms with Crippen LogP contribution < -0.4 is 5.32 Å². The van der Waals surface area contributed by atoms with E-state index in [0.29, 0.717) is 18.8 Å². The van der Waals surface area contributed by atoms with Gasteiger partial charge in [0.2, 0.25) is 0 Å². The standard InChI is InChI=1S/C15H21FN3O/c1-12(2)11-18-6-8-19(9-7-18)15(20)17-14-5-3-4-13(16)10-14/h3-5,10H,6-9,11H2,1-2H3,(H,17,20). The second-order valence-electron chi connectivity index (χ2n) is 5.41. The maximum Gasteiger partial charge on any atom is 0.321 e. The maximum absolute atomic E-state index is 13.1. The Bertz CT molecular complexity index is 456. The molecule has 1 saturated heterocycles. The van der Waals surface area contributed by atoms with Crippen LogP contribution in [0.5, 0.6) is 0 Å². The Hall–Kier alpha value is -1.62. The van der Waals surface area contributed by atoms with E-state index in [9.17, 15) is 9.18 Å². The molecule has 5 heteroatoms. The highest BCUT2D eigenvalue weighted by atomic mass is 19.1. The summed E-state index contributed by atoms with van der Waals surface area (Å²) in [6.45, 7) is 8.37. The number of piperazine rings is 1. The molecule has 2 rings (SSSR count). The first-order valence-corrected chi connectivity index (χ1v) is 6.87. The van der Waals surface area contributed by atoms with Crippen LogP contribution in [0, 0.1) is 11.7 Å². The van der Waals surface area contributed by atoms with Gasteiger partial charge in [0.25, 0.3) is 0 Å². The molecule has 109 valence electrons. The number of benzene rings is 1. The van der Waals surface area contributed by atoms with Crippen molar-refractivity contribution in [2.24, 2.45) is 0 Å². The molecular formula is C15H21FN3O. The zero-order valence-corrected chi connectivity index (χ0v) is 12.0. The number of hydrogen-bond donors (Lipinski definition) is 1. The Kier molecular flexibility index (Phi) is 4.95. The first-order chi connectivity index (χ1) is 9.54. The van der Waals surface area contributed by atoms with Gasteiger partial charge < -0.3 is 10.2 Å². The molecule has 1 aromatic rings. The van der Waals surface area contributed by atoms with Crippen molar-refractivity contribution in [1.29, 1.82) is 0 Å². The third-order valence-corrected chi connectivity index (χ3v) is 3.28. The minimum Gasteiger partial charge on any atom is -0.322 e. The van der Waals surface area contributed by atoms with Crippen LogP contribution in [0.15, 0.2) is 24.3 Å². The van der Waals surface area contributed by atoms with Crippen LogP contribution in [0.25, 0.3) is 0 Å². The minimum absolute atomic E-state index is 0.160. The summed E-state index contributed by atoms with van der Waals surface area (Å²) in [4.78, 5) is 16.2. The number of anilines is 1. The first kappa shape index (κ1) is 14.8. The molecule has 2 amide bonds. The molecule has 1 N–H and O–H groups in total. The summed E-state index contributed by atoms with van der Waals surface area (Å²) in [5.74, 6) is 1.03. The molecule has 0 atom stereocenters. The van der Waals surface area contributed by atoms with Crippen molar-refractivity contribution in [3.8, 4) is 0 Å². The van der Waals surface area contributed by atoms with Crippen LogP contribution in [-0.4, -0.2) is 48.6 Å². The lowest BCUT2D eigenvalue weighted by atomic mass is 10.2. The first-order valence-electron chi connectivity index (χ1n) is 6.87. The number of hydrogen-bond acceptors (Lipinski definition) is 2. The number of rotatable bonds is 3. The molecule has 0 unspecified atom stereocenters. The van der Waals surface area contributed by atoms with E-state index in [1.54, 1.807) is 17.0 Å². The highest BCUT2D eigenvalue weighted by molar-refractivity contribution is 5.89. The van der Waals surface area contributed by atoms with Gasteiger partial charge >= 0.3 is 6.03 Å². The second kappa shape index (κ2) is 6.70. The predicted octanol–water partition coefficient (Wildman–Crippen LogP) is 2.59. The zero-order chi connectivity index (χ0) is 14.5. The second-order valence-corrected chi connectivity index (χ2v) is 5.41. The molecule has 1 aliphatic heterocycles. The average molecular weight is 278 g/mol. The van der Waals surface area contributed by atoms with Gasteiger partial charge in [0.1, 0.15) is 5.82 Å². The molecule has 0 aliphatic carbocycles. The van der Waals surface area contributed by atoms with E-state index in [0.717, 1.165) is 19.6 Å². The molecule has 0 bridgehead atoms. The largest absolute Gasteiger partial charge is 0.322 e. The molecule has 0 aromatic heterocycles. The fourth-order valence-corrected chi connectivity index (χ4v) is 2.33. The van der Waals surface area contributed by atoms with Gasteiger partial charge in [-0.15, -0.1) is 0 Å². The summed E-state index contributed by atoms with van der Waals surface area (Å²) < 4.78 is 13.1. The quantitative estimate of drug-likeness (QED) is 0.922. The zero-order valence-electron chi connectivity index (χ0n) is 12.0. The van der Waals surface area contributed by atoms with Crippen LogP contribution in [-0.2, 0) is 0 Å². The topological polar surface area (TPSA) is 35.6 Å². The molecule has 20 heavy (non-hydrogen) atoms. The van der Waals surface area contributed by atoms with Gasteiger partial charge in [-0.2, -0.15) is 0 Å². The van der Waals surface area contributed by atoms with E-state index in [1.807, 2.05) is 0 Å². The van der Waals surface area contributed by atoms with Crippen molar-refractivity contribution in [2.75, 3.05) is 38.0 Å². The lowest BCUT2D eigenvalue weighted by molar-refractivity contribution is 0.150. The third-order valence-electron chi connectivity index (χ3n) is 3.28. The van der Waals surface area contributed by atoms with E-state index in [2.05, 4.69) is 24.1 Å². The molecule has 1 radical (unpaired) electrons. The highest BCUT2D eigenvalue weighted by Gasteiger charge is 2.21. The van der Waals surface area contributed by atoms with E-state index in [-0.39, 0.29) is 11.8 Å². The van der Waals surface area contributed by atoms with Crippen molar-refractivity contribution in [1.82, 2.24) is 9.80 Å². The Labute approximate surface area is 119 Å². The lowest BCUT2D eigenvalue weighted by Gasteiger charge is -2.35. The average Bonchev–Trinajstić information content (AvgIpc) is 2.38. The molecule has 0 saturated carbocycles. The van der Waals surface area contributed by atoms with Gasteiger partial charge in [-0.3, -0.25) is 4.90 Å². The summed E-state index contributed by atoms with van der Waals surface area (Å²) in [7, 11) is 0. The smallest absolute Gasteiger partial charge is 0.321 e. The molecule has 1 heterocycles. The fraction of sp³-hybridized carbons (Fsp3) is 0.467. The van der Waals surface area contributed by atoms with Crippen molar-refractivity contribution in [3.63, 3.8) is 0 Å². The van der Waals surface area contributed by atoms with Crippen LogP contribution in [0.4, 0.5) is 14.9 Å². The number of carbonyl (C=O) groups excluding carboxylic acids is 1.